The van der Waals surface area contributed by atoms with E-state index in [-0.39, 0.29) is 17.9 Å². The molecule has 0 saturated carbocycles. The molecule has 1 N–H and O–H groups in total. The van der Waals surface area contributed by atoms with Crippen LogP contribution in [0, 0.1) is 5.92 Å². The summed E-state index contributed by atoms with van der Waals surface area (Å²) in [5, 5.41) is 8.97. The quantitative estimate of drug-likeness (QED) is 0.434. The van der Waals surface area contributed by atoms with Crippen molar-refractivity contribution in [2.45, 2.75) is 36.9 Å². The number of aliphatic hydroxyl groups excluding tert-OH is 1. The van der Waals surface area contributed by atoms with E-state index in [9.17, 15) is 14.4 Å². The standard InChI is InChI=1S/C12H17NO6S/c1-6(15)18-5-19-11(17)8-12(2,3)20-10-7(4-14)9(16)13(8)10/h7-8,10,14H,4-5H2,1-3H3/t7-,8+,10-/m1/s1. The normalized spacial score (nSPS) is 30.5. The average molecular weight is 303 g/mol. The topological polar surface area (TPSA) is 93.1 Å². The Morgan fingerprint density at radius 3 is 2.60 bits per heavy atom. The van der Waals surface area contributed by atoms with Crippen LogP contribution in [0.3, 0.4) is 0 Å². The molecule has 0 spiro atoms. The molecule has 2 aliphatic rings. The molecule has 3 atom stereocenters. The van der Waals surface area contributed by atoms with Gasteiger partial charge in [0, 0.05) is 11.7 Å². The van der Waals surface area contributed by atoms with Gasteiger partial charge in [-0.15, -0.1) is 11.8 Å². The van der Waals surface area contributed by atoms with Crippen LogP contribution in [0.25, 0.3) is 0 Å². The lowest BCUT2D eigenvalue weighted by Gasteiger charge is -2.43. The van der Waals surface area contributed by atoms with Crippen LogP contribution in [0.4, 0.5) is 0 Å². The van der Waals surface area contributed by atoms with Gasteiger partial charge in [-0.3, -0.25) is 9.59 Å². The molecule has 8 heteroatoms. The molecule has 0 unspecified atom stereocenters. The Hall–Kier alpha value is -1.28. The summed E-state index contributed by atoms with van der Waals surface area (Å²) in [7, 11) is 0. The van der Waals surface area contributed by atoms with Crippen LogP contribution in [-0.2, 0) is 23.9 Å². The first-order valence-corrected chi connectivity index (χ1v) is 7.08. The number of hydrogen-bond donors (Lipinski definition) is 1. The summed E-state index contributed by atoms with van der Waals surface area (Å²) < 4.78 is 8.93. The molecule has 0 bridgehead atoms. The zero-order chi connectivity index (χ0) is 15.1. The summed E-state index contributed by atoms with van der Waals surface area (Å²) in [6.45, 7) is 4.22. The number of hydrogen-bond acceptors (Lipinski definition) is 7. The Labute approximate surface area is 120 Å². The van der Waals surface area contributed by atoms with Crippen molar-refractivity contribution in [3.8, 4) is 0 Å². The second kappa shape index (κ2) is 5.25. The van der Waals surface area contributed by atoms with Gasteiger partial charge in [-0.2, -0.15) is 0 Å². The number of rotatable bonds is 4. The van der Waals surface area contributed by atoms with Gasteiger partial charge in [-0.05, 0) is 13.8 Å². The van der Waals surface area contributed by atoms with Gasteiger partial charge in [0.05, 0.1) is 17.9 Å². The first-order valence-electron chi connectivity index (χ1n) is 6.20. The lowest BCUT2D eigenvalue weighted by Crippen LogP contribution is -2.63. The third kappa shape index (κ3) is 2.37. The molecule has 2 fully saturated rings. The van der Waals surface area contributed by atoms with Crippen molar-refractivity contribution in [2.75, 3.05) is 13.4 Å². The van der Waals surface area contributed by atoms with E-state index in [0.29, 0.717) is 0 Å². The number of fused-ring (bicyclic) bond motifs is 1. The van der Waals surface area contributed by atoms with Crippen LogP contribution in [0.5, 0.6) is 0 Å². The number of carbonyl (C=O) groups is 3. The first-order chi connectivity index (χ1) is 9.29. The summed E-state index contributed by atoms with van der Waals surface area (Å²) in [6.07, 6.45) is 0. The maximum Gasteiger partial charge on any atom is 0.333 e. The van der Waals surface area contributed by atoms with Crippen LogP contribution >= 0.6 is 11.8 Å². The Morgan fingerprint density at radius 1 is 1.40 bits per heavy atom. The zero-order valence-corrected chi connectivity index (χ0v) is 12.3. The maximum absolute atomic E-state index is 12.1. The van der Waals surface area contributed by atoms with Gasteiger partial charge in [0.1, 0.15) is 6.04 Å². The fraction of sp³-hybridized carbons (Fsp3) is 0.750. The van der Waals surface area contributed by atoms with Crippen LogP contribution in [0.2, 0.25) is 0 Å². The molecule has 0 aromatic rings. The molecular formula is C12H17NO6S. The van der Waals surface area contributed by atoms with Gasteiger partial charge in [-0.1, -0.05) is 0 Å². The molecule has 0 aliphatic carbocycles. The Balaban J connectivity index is 2.04. The van der Waals surface area contributed by atoms with E-state index in [0.717, 1.165) is 0 Å². The van der Waals surface area contributed by atoms with E-state index in [1.54, 1.807) is 0 Å². The van der Waals surface area contributed by atoms with Gasteiger partial charge in [0.15, 0.2) is 0 Å². The second-order valence-corrected chi connectivity index (χ2v) is 7.04. The van der Waals surface area contributed by atoms with Gasteiger partial charge in [0.25, 0.3) is 0 Å². The van der Waals surface area contributed by atoms with Gasteiger partial charge in [0.2, 0.25) is 12.7 Å². The molecule has 0 aromatic heterocycles. The SMILES string of the molecule is CC(=O)OCOC(=O)[C@@H]1N2C(=O)[C@@H](CO)[C@H]2SC1(C)C. The fourth-order valence-corrected chi connectivity index (χ4v) is 4.16. The van der Waals surface area contributed by atoms with E-state index < -0.39 is 35.4 Å². The maximum atomic E-state index is 12.1. The Kier molecular flexibility index (Phi) is 3.97. The van der Waals surface area contributed by atoms with Crippen molar-refractivity contribution in [1.82, 2.24) is 4.90 Å². The molecule has 20 heavy (non-hydrogen) atoms. The van der Waals surface area contributed by atoms with E-state index in [4.69, 9.17) is 9.84 Å². The highest BCUT2D eigenvalue weighted by atomic mass is 32.2. The van der Waals surface area contributed by atoms with Crippen molar-refractivity contribution in [2.24, 2.45) is 5.92 Å². The summed E-state index contributed by atoms with van der Waals surface area (Å²) in [4.78, 5) is 36.1. The van der Waals surface area contributed by atoms with Gasteiger partial charge >= 0.3 is 11.9 Å². The molecule has 2 saturated heterocycles. The van der Waals surface area contributed by atoms with Crippen molar-refractivity contribution in [3.63, 3.8) is 0 Å². The van der Waals surface area contributed by atoms with Crippen molar-refractivity contribution >= 4 is 29.6 Å². The number of thioether (sulfide) groups is 1. The van der Waals surface area contributed by atoms with E-state index >= 15 is 0 Å². The smallest absolute Gasteiger partial charge is 0.333 e. The van der Waals surface area contributed by atoms with Gasteiger partial charge < -0.3 is 19.5 Å². The monoisotopic (exact) mass is 303 g/mol. The van der Waals surface area contributed by atoms with Crippen LogP contribution in [0.1, 0.15) is 20.8 Å². The van der Waals surface area contributed by atoms with Crippen molar-refractivity contribution in [1.29, 1.82) is 0 Å². The molecule has 0 radical (unpaired) electrons. The van der Waals surface area contributed by atoms with Crippen LogP contribution in [-0.4, -0.2) is 57.4 Å². The van der Waals surface area contributed by atoms with E-state index in [2.05, 4.69) is 4.74 Å². The molecule has 1 amide bonds. The molecule has 2 heterocycles. The third-order valence-electron chi connectivity index (χ3n) is 3.43. The number of ether oxygens (including phenoxy) is 2. The molecule has 7 nitrogen and oxygen atoms in total. The highest BCUT2D eigenvalue weighted by molar-refractivity contribution is 8.01. The van der Waals surface area contributed by atoms with E-state index in [1.807, 2.05) is 13.8 Å². The molecule has 2 rings (SSSR count). The molecule has 0 aromatic carbocycles. The van der Waals surface area contributed by atoms with E-state index in [1.165, 1.54) is 23.6 Å². The third-order valence-corrected chi connectivity index (χ3v) is 5.06. The largest absolute Gasteiger partial charge is 0.428 e. The van der Waals surface area contributed by atoms with Crippen LogP contribution < -0.4 is 0 Å². The predicted octanol–water partition coefficient (Wildman–Crippen LogP) is -0.279. The second-order valence-electron chi connectivity index (χ2n) is 5.27. The minimum atomic E-state index is -0.733. The minimum Gasteiger partial charge on any atom is -0.428 e. The number of nitrogens with zero attached hydrogens (tertiary/aromatic N) is 1. The van der Waals surface area contributed by atoms with Crippen LogP contribution in [0.15, 0.2) is 0 Å². The summed E-state index contributed by atoms with van der Waals surface area (Å²) >= 11 is 1.47. The Morgan fingerprint density at radius 2 is 2.05 bits per heavy atom. The number of β-lactam (4-membered cyclic amide) rings is 1. The van der Waals surface area contributed by atoms with Crippen molar-refractivity contribution < 1.29 is 29.0 Å². The molecular weight excluding hydrogens is 286 g/mol. The molecule has 2 aliphatic heterocycles. The lowest BCUT2D eigenvalue weighted by atomic mass is 9.92. The average Bonchev–Trinajstić information content (AvgIpc) is 2.58. The highest BCUT2D eigenvalue weighted by Crippen LogP contribution is 2.53. The number of carbonyl (C=O) groups excluding carboxylic acids is 3. The number of aliphatic hydroxyl groups is 1. The molecule has 112 valence electrons. The highest BCUT2D eigenvalue weighted by Gasteiger charge is 2.63. The van der Waals surface area contributed by atoms with Gasteiger partial charge in [-0.25, -0.2) is 4.79 Å². The minimum absolute atomic E-state index is 0.200. The number of amides is 1. The lowest BCUT2D eigenvalue weighted by molar-refractivity contribution is -0.178. The zero-order valence-electron chi connectivity index (χ0n) is 11.5. The number of esters is 2. The summed E-state index contributed by atoms with van der Waals surface area (Å²) in [5.74, 6) is -1.84. The Bertz CT molecular complexity index is 451. The first kappa shape index (κ1) is 15.1. The predicted molar refractivity (Wildman–Crippen MR) is 69.4 cm³/mol. The fourth-order valence-electron chi connectivity index (χ4n) is 2.49. The van der Waals surface area contributed by atoms with Crippen molar-refractivity contribution in [3.05, 3.63) is 0 Å². The summed E-state index contributed by atoms with van der Waals surface area (Å²) in [6, 6.07) is -0.733. The summed E-state index contributed by atoms with van der Waals surface area (Å²) in [5.41, 5.74) is 0.